The number of carbonyl (C=O) groups excluding carboxylic acids is 1. The van der Waals surface area contributed by atoms with Crippen LogP contribution in [0.1, 0.15) is 5.56 Å². The maximum absolute atomic E-state index is 12.1. The van der Waals surface area contributed by atoms with Gasteiger partial charge in [0.1, 0.15) is 13.2 Å². The number of aryl methyl sites for hydroxylation is 1. The fraction of sp³-hybridized carbons (Fsp3) is 0.235. The second-order valence-electron chi connectivity index (χ2n) is 5.22. The van der Waals surface area contributed by atoms with Crippen LogP contribution in [0.3, 0.4) is 0 Å². The van der Waals surface area contributed by atoms with Crippen LogP contribution in [0.4, 0.5) is 11.4 Å². The van der Waals surface area contributed by atoms with Crippen LogP contribution in [0.5, 0.6) is 11.5 Å². The van der Waals surface area contributed by atoms with E-state index in [-0.39, 0.29) is 12.5 Å². The Kier molecular flexibility index (Phi) is 4.71. The van der Waals surface area contributed by atoms with Crippen molar-refractivity contribution in [3.8, 4) is 11.5 Å². The van der Waals surface area contributed by atoms with Gasteiger partial charge in [0, 0.05) is 21.9 Å². The highest BCUT2D eigenvalue weighted by Crippen LogP contribution is 2.32. The molecule has 0 aliphatic carbocycles. The zero-order valence-electron chi connectivity index (χ0n) is 12.7. The predicted octanol–water partition coefficient (Wildman–Crippen LogP) is 3.58. The van der Waals surface area contributed by atoms with Crippen molar-refractivity contribution in [2.24, 2.45) is 0 Å². The lowest BCUT2D eigenvalue weighted by Gasteiger charge is -2.19. The number of benzene rings is 2. The summed E-state index contributed by atoms with van der Waals surface area (Å²) in [7, 11) is 0. The minimum Gasteiger partial charge on any atom is -0.486 e. The van der Waals surface area contributed by atoms with Crippen molar-refractivity contribution in [2.45, 2.75) is 6.92 Å². The summed E-state index contributed by atoms with van der Waals surface area (Å²) in [4.78, 5) is 12.1. The first-order valence-electron chi connectivity index (χ1n) is 7.31. The number of rotatable bonds is 4. The highest BCUT2D eigenvalue weighted by Gasteiger charge is 2.12. The quantitative estimate of drug-likeness (QED) is 0.855. The van der Waals surface area contributed by atoms with Gasteiger partial charge in [0.15, 0.2) is 11.5 Å². The van der Waals surface area contributed by atoms with Crippen molar-refractivity contribution in [3.63, 3.8) is 0 Å². The number of fused-ring (bicyclic) bond motifs is 1. The first-order chi connectivity index (χ1) is 11.1. The minimum atomic E-state index is -0.106. The Labute approximate surface area is 143 Å². The zero-order chi connectivity index (χ0) is 16.2. The van der Waals surface area contributed by atoms with Gasteiger partial charge < -0.3 is 20.1 Å². The molecule has 1 heterocycles. The van der Waals surface area contributed by atoms with Crippen molar-refractivity contribution in [3.05, 3.63) is 46.4 Å². The number of nitrogens with one attached hydrogen (secondary N) is 2. The largest absolute Gasteiger partial charge is 0.486 e. The van der Waals surface area contributed by atoms with E-state index in [9.17, 15) is 4.79 Å². The third-order valence-electron chi connectivity index (χ3n) is 3.46. The molecular formula is C17H17BrN2O3. The summed E-state index contributed by atoms with van der Waals surface area (Å²) >= 11 is 3.41. The number of anilines is 2. The topological polar surface area (TPSA) is 59.6 Å². The first-order valence-corrected chi connectivity index (χ1v) is 8.10. The molecule has 2 aromatic carbocycles. The average Bonchev–Trinajstić information content (AvgIpc) is 2.55. The molecule has 0 saturated heterocycles. The smallest absolute Gasteiger partial charge is 0.243 e. The molecule has 2 N–H and O–H groups in total. The number of amides is 1. The monoisotopic (exact) mass is 376 g/mol. The van der Waals surface area contributed by atoms with Crippen LogP contribution in [-0.2, 0) is 4.79 Å². The van der Waals surface area contributed by atoms with Gasteiger partial charge in [-0.2, -0.15) is 0 Å². The molecule has 0 radical (unpaired) electrons. The molecule has 1 aliphatic heterocycles. The summed E-state index contributed by atoms with van der Waals surface area (Å²) < 4.78 is 12.0. The molecule has 23 heavy (non-hydrogen) atoms. The molecule has 0 aromatic heterocycles. The van der Waals surface area contributed by atoms with Crippen molar-refractivity contribution in [2.75, 3.05) is 30.4 Å². The summed E-state index contributed by atoms with van der Waals surface area (Å²) in [6.45, 7) is 3.23. The Balaban J connectivity index is 1.58. The third kappa shape index (κ3) is 3.96. The number of ether oxygens (including phenoxy) is 2. The van der Waals surface area contributed by atoms with Crippen molar-refractivity contribution in [1.82, 2.24) is 0 Å². The van der Waals surface area contributed by atoms with E-state index in [1.54, 1.807) is 0 Å². The molecule has 0 spiro atoms. The molecule has 5 nitrogen and oxygen atoms in total. The minimum absolute atomic E-state index is 0.106. The molecule has 0 saturated carbocycles. The molecule has 0 bridgehead atoms. The van der Waals surface area contributed by atoms with Crippen LogP contribution < -0.4 is 20.1 Å². The fourth-order valence-electron chi connectivity index (χ4n) is 2.30. The molecule has 1 aliphatic rings. The molecule has 120 valence electrons. The van der Waals surface area contributed by atoms with Gasteiger partial charge in [0.05, 0.1) is 6.54 Å². The molecule has 1 amide bonds. The van der Waals surface area contributed by atoms with Crippen molar-refractivity contribution in [1.29, 1.82) is 0 Å². The van der Waals surface area contributed by atoms with E-state index < -0.39 is 0 Å². The third-order valence-corrected chi connectivity index (χ3v) is 3.95. The van der Waals surface area contributed by atoms with Crippen molar-refractivity contribution >= 4 is 33.2 Å². The lowest BCUT2D eigenvalue weighted by molar-refractivity contribution is -0.114. The van der Waals surface area contributed by atoms with Gasteiger partial charge in [-0.15, -0.1) is 0 Å². The maximum atomic E-state index is 12.1. The molecule has 0 atom stereocenters. The van der Waals surface area contributed by atoms with Crippen molar-refractivity contribution < 1.29 is 14.3 Å². The Bertz CT molecular complexity index is 734. The summed E-state index contributed by atoms with van der Waals surface area (Å²) in [5, 5.41) is 5.98. The second-order valence-corrected chi connectivity index (χ2v) is 6.14. The van der Waals surface area contributed by atoms with E-state index in [1.807, 2.05) is 43.3 Å². The van der Waals surface area contributed by atoms with E-state index in [4.69, 9.17) is 9.47 Å². The zero-order valence-corrected chi connectivity index (χ0v) is 14.3. The Morgan fingerprint density at radius 2 is 1.91 bits per heavy atom. The molecule has 0 unspecified atom stereocenters. The van der Waals surface area contributed by atoms with Gasteiger partial charge in [-0.1, -0.05) is 15.9 Å². The van der Waals surface area contributed by atoms with E-state index in [0.29, 0.717) is 19.0 Å². The second kappa shape index (κ2) is 6.91. The van der Waals surface area contributed by atoms with Crippen LogP contribution in [0.15, 0.2) is 40.9 Å². The van der Waals surface area contributed by atoms with Gasteiger partial charge >= 0.3 is 0 Å². The predicted molar refractivity (Wildman–Crippen MR) is 93.4 cm³/mol. The first kappa shape index (κ1) is 15.7. The molecule has 6 heteroatoms. The van der Waals surface area contributed by atoms with E-state index >= 15 is 0 Å². The highest BCUT2D eigenvalue weighted by atomic mass is 79.9. The summed E-state index contributed by atoms with van der Waals surface area (Å²) in [6.07, 6.45) is 0. The summed E-state index contributed by atoms with van der Waals surface area (Å²) in [5.74, 6) is 1.33. The van der Waals surface area contributed by atoms with Gasteiger partial charge in [0.2, 0.25) is 5.91 Å². The van der Waals surface area contributed by atoms with Crippen LogP contribution in [0.2, 0.25) is 0 Å². The average molecular weight is 377 g/mol. The number of carbonyl (C=O) groups is 1. The Hall–Kier alpha value is -2.21. The standard InChI is InChI=1S/C17H17BrN2O3/c1-11-8-12(18)2-4-14(11)20-17(21)10-19-13-3-5-15-16(9-13)23-7-6-22-15/h2-5,8-9,19H,6-7,10H2,1H3,(H,20,21). The lowest BCUT2D eigenvalue weighted by atomic mass is 10.2. The molecule has 3 rings (SSSR count). The van der Waals surface area contributed by atoms with Gasteiger partial charge in [-0.25, -0.2) is 0 Å². The normalized spacial score (nSPS) is 12.6. The Morgan fingerprint density at radius 1 is 1.13 bits per heavy atom. The SMILES string of the molecule is Cc1cc(Br)ccc1NC(=O)CNc1ccc2c(c1)OCCO2. The van der Waals surface area contributed by atoms with Crippen LogP contribution >= 0.6 is 15.9 Å². The van der Waals surface area contributed by atoms with Gasteiger partial charge in [-0.3, -0.25) is 4.79 Å². The number of halogens is 1. The van der Waals surface area contributed by atoms with E-state index in [2.05, 4.69) is 26.6 Å². The molecular weight excluding hydrogens is 360 g/mol. The molecule has 2 aromatic rings. The summed E-state index contributed by atoms with van der Waals surface area (Å²) in [6, 6.07) is 11.3. The van der Waals surface area contributed by atoms with Crippen LogP contribution in [0.25, 0.3) is 0 Å². The highest BCUT2D eigenvalue weighted by molar-refractivity contribution is 9.10. The van der Waals surface area contributed by atoms with E-state index in [0.717, 1.165) is 27.2 Å². The van der Waals surface area contributed by atoms with E-state index in [1.165, 1.54) is 0 Å². The number of hydrogen-bond acceptors (Lipinski definition) is 4. The maximum Gasteiger partial charge on any atom is 0.243 e. The lowest BCUT2D eigenvalue weighted by Crippen LogP contribution is -2.22. The number of hydrogen-bond donors (Lipinski definition) is 2. The summed E-state index contributed by atoms with van der Waals surface area (Å²) in [5.41, 5.74) is 2.63. The Morgan fingerprint density at radius 3 is 2.70 bits per heavy atom. The molecule has 0 fully saturated rings. The van der Waals surface area contributed by atoms with Gasteiger partial charge in [0.25, 0.3) is 0 Å². The van der Waals surface area contributed by atoms with Gasteiger partial charge in [-0.05, 0) is 42.8 Å². The van der Waals surface area contributed by atoms with Crippen LogP contribution in [-0.4, -0.2) is 25.7 Å². The fourth-order valence-corrected chi connectivity index (χ4v) is 2.77. The van der Waals surface area contributed by atoms with Crippen LogP contribution in [0, 0.1) is 6.92 Å².